The van der Waals surface area contributed by atoms with Crippen LogP contribution in [0.15, 0.2) is 48.5 Å². The maximum atomic E-state index is 12.4. The summed E-state index contributed by atoms with van der Waals surface area (Å²) in [5.74, 6) is -1.33. The summed E-state index contributed by atoms with van der Waals surface area (Å²) in [4.78, 5) is 61.7. The van der Waals surface area contributed by atoms with Crippen LogP contribution in [-0.2, 0) is 20.9 Å². The molecular formula is C26H30N4O6. The highest BCUT2D eigenvalue weighted by molar-refractivity contribution is 6.21. The van der Waals surface area contributed by atoms with Gasteiger partial charge in [0.25, 0.3) is 11.8 Å². The monoisotopic (exact) mass is 494 g/mol. The normalized spacial score (nSPS) is 12.7. The number of anilines is 1. The van der Waals surface area contributed by atoms with Gasteiger partial charge in [-0.25, -0.2) is 4.79 Å². The van der Waals surface area contributed by atoms with Crippen LogP contribution >= 0.6 is 0 Å². The number of fused-ring (bicyclic) bond motifs is 1. The Morgan fingerprint density at radius 3 is 2.03 bits per heavy atom. The summed E-state index contributed by atoms with van der Waals surface area (Å²) in [6, 6.07) is 13.5. The number of hydrogen-bond acceptors (Lipinski definition) is 6. The van der Waals surface area contributed by atoms with Gasteiger partial charge in [-0.2, -0.15) is 0 Å². The predicted octanol–water partition coefficient (Wildman–Crippen LogP) is 2.84. The van der Waals surface area contributed by atoms with Crippen LogP contribution in [0.25, 0.3) is 0 Å². The van der Waals surface area contributed by atoms with Crippen molar-refractivity contribution in [2.75, 3.05) is 18.4 Å². The van der Waals surface area contributed by atoms with E-state index in [0.717, 1.165) is 10.5 Å². The Labute approximate surface area is 209 Å². The van der Waals surface area contributed by atoms with Crippen molar-refractivity contribution in [1.82, 2.24) is 15.5 Å². The quantitative estimate of drug-likeness (QED) is 0.459. The summed E-state index contributed by atoms with van der Waals surface area (Å²) < 4.78 is 5.11. The standard InChI is InChI=1S/C26H30N4O6/c1-26(2,3)36-25(35)27-14-12-22(32)29-18-10-8-17(9-11-18)16-28-21(31)13-15-30-23(33)19-6-4-5-7-20(19)24(30)34/h4-11H,12-16H2,1-3H3,(H,27,35)(H,28,31)(H,29,32). The van der Waals surface area contributed by atoms with Crippen LogP contribution in [0.4, 0.5) is 10.5 Å². The Balaban J connectivity index is 1.36. The second-order valence-corrected chi connectivity index (χ2v) is 9.26. The van der Waals surface area contributed by atoms with Crippen LogP contribution in [-0.4, -0.2) is 53.3 Å². The van der Waals surface area contributed by atoms with Gasteiger partial charge in [0.15, 0.2) is 0 Å². The fraction of sp³-hybridized carbons (Fsp3) is 0.346. The van der Waals surface area contributed by atoms with Gasteiger partial charge in [0.1, 0.15) is 5.60 Å². The number of amides is 5. The maximum absolute atomic E-state index is 12.4. The van der Waals surface area contributed by atoms with Crippen molar-refractivity contribution in [3.63, 3.8) is 0 Å². The molecule has 10 nitrogen and oxygen atoms in total. The molecule has 1 heterocycles. The number of rotatable bonds is 9. The Bertz CT molecular complexity index is 1120. The first kappa shape index (κ1) is 26.4. The van der Waals surface area contributed by atoms with Crippen LogP contribution < -0.4 is 16.0 Å². The molecule has 0 aliphatic carbocycles. The molecule has 0 fully saturated rings. The van der Waals surface area contributed by atoms with E-state index >= 15 is 0 Å². The molecule has 2 aromatic carbocycles. The molecule has 10 heteroatoms. The van der Waals surface area contributed by atoms with Gasteiger partial charge in [-0.15, -0.1) is 0 Å². The van der Waals surface area contributed by atoms with Crippen molar-refractivity contribution in [1.29, 1.82) is 0 Å². The molecule has 0 aromatic heterocycles. The molecule has 0 unspecified atom stereocenters. The molecule has 1 aliphatic heterocycles. The molecule has 190 valence electrons. The minimum atomic E-state index is -0.605. The van der Waals surface area contributed by atoms with Gasteiger partial charge in [0.05, 0.1) is 11.1 Å². The first-order valence-electron chi connectivity index (χ1n) is 11.6. The second kappa shape index (κ2) is 11.5. The van der Waals surface area contributed by atoms with E-state index in [1.165, 1.54) is 0 Å². The second-order valence-electron chi connectivity index (χ2n) is 9.26. The van der Waals surface area contributed by atoms with Crippen LogP contribution in [0.5, 0.6) is 0 Å². The van der Waals surface area contributed by atoms with E-state index in [0.29, 0.717) is 16.8 Å². The average molecular weight is 495 g/mol. The van der Waals surface area contributed by atoms with Gasteiger partial charge in [-0.1, -0.05) is 24.3 Å². The average Bonchev–Trinajstić information content (AvgIpc) is 3.06. The Morgan fingerprint density at radius 2 is 1.44 bits per heavy atom. The minimum Gasteiger partial charge on any atom is -0.444 e. The minimum absolute atomic E-state index is 0.00304. The molecule has 5 amide bonds. The molecule has 0 atom stereocenters. The molecule has 2 aromatic rings. The van der Waals surface area contributed by atoms with E-state index < -0.39 is 11.7 Å². The fourth-order valence-electron chi connectivity index (χ4n) is 3.47. The lowest BCUT2D eigenvalue weighted by Crippen LogP contribution is -2.34. The van der Waals surface area contributed by atoms with Crippen molar-refractivity contribution >= 4 is 35.4 Å². The highest BCUT2D eigenvalue weighted by atomic mass is 16.6. The summed E-state index contributed by atoms with van der Waals surface area (Å²) >= 11 is 0. The lowest BCUT2D eigenvalue weighted by Gasteiger charge is -2.19. The first-order chi connectivity index (χ1) is 17.0. The molecule has 0 radical (unpaired) electrons. The lowest BCUT2D eigenvalue weighted by atomic mass is 10.1. The van der Waals surface area contributed by atoms with E-state index in [1.54, 1.807) is 69.3 Å². The van der Waals surface area contributed by atoms with Gasteiger partial charge < -0.3 is 20.7 Å². The van der Waals surface area contributed by atoms with Crippen molar-refractivity contribution in [3.8, 4) is 0 Å². The maximum Gasteiger partial charge on any atom is 0.407 e. The van der Waals surface area contributed by atoms with Gasteiger partial charge in [-0.05, 0) is 50.6 Å². The van der Waals surface area contributed by atoms with E-state index in [4.69, 9.17) is 4.74 Å². The summed E-state index contributed by atoms with van der Waals surface area (Å²) in [5, 5.41) is 8.02. The van der Waals surface area contributed by atoms with Crippen LogP contribution in [0.3, 0.4) is 0 Å². The third-order valence-corrected chi connectivity index (χ3v) is 5.19. The molecule has 0 bridgehead atoms. The summed E-state index contributed by atoms with van der Waals surface area (Å²) in [5.41, 5.74) is 1.50. The number of ether oxygens (including phenoxy) is 1. The number of nitrogens with zero attached hydrogens (tertiary/aromatic N) is 1. The van der Waals surface area contributed by atoms with E-state index in [-0.39, 0.29) is 56.1 Å². The number of hydrogen-bond donors (Lipinski definition) is 3. The number of carbonyl (C=O) groups excluding carboxylic acids is 5. The highest BCUT2D eigenvalue weighted by Gasteiger charge is 2.34. The first-order valence-corrected chi connectivity index (χ1v) is 11.6. The topological polar surface area (TPSA) is 134 Å². The molecule has 3 rings (SSSR count). The van der Waals surface area contributed by atoms with Gasteiger partial charge in [0, 0.05) is 38.2 Å². The molecule has 36 heavy (non-hydrogen) atoms. The van der Waals surface area contributed by atoms with E-state index in [1.807, 2.05) is 0 Å². The van der Waals surface area contributed by atoms with Crippen LogP contribution in [0, 0.1) is 0 Å². The third kappa shape index (κ3) is 7.39. The molecule has 0 spiro atoms. The number of benzene rings is 2. The summed E-state index contributed by atoms with van der Waals surface area (Å²) in [6.45, 7) is 5.68. The van der Waals surface area contributed by atoms with Crippen LogP contribution in [0.1, 0.15) is 59.9 Å². The zero-order valence-corrected chi connectivity index (χ0v) is 20.6. The smallest absolute Gasteiger partial charge is 0.407 e. The van der Waals surface area contributed by atoms with E-state index in [2.05, 4.69) is 16.0 Å². The van der Waals surface area contributed by atoms with Gasteiger partial charge in [0.2, 0.25) is 11.8 Å². The molecule has 1 aliphatic rings. The fourth-order valence-corrected chi connectivity index (χ4v) is 3.47. The Kier molecular flexibility index (Phi) is 8.42. The third-order valence-electron chi connectivity index (χ3n) is 5.19. The van der Waals surface area contributed by atoms with Crippen LogP contribution in [0.2, 0.25) is 0 Å². The molecule has 3 N–H and O–H groups in total. The molecule has 0 saturated carbocycles. The molecular weight excluding hydrogens is 464 g/mol. The Hall–Kier alpha value is -4.21. The van der Waals surface area contributed by atoms with Crippen molar-refractivity contribution in [3.05, 3.63) is 65.2 Å². The summed E-state index contributed by atoms with van der Waals surface area (Å²) in [6.07, 6.45) is -0.494. The van der Waals surface area contributed by atoms with Crippen molar-refractivity contribution in [2.24, 2.45) is 0 Å². The number of carbonyl (C=O) groups is 5. The van der Waals surface area contributed by atoms with E-state index in [9.17, 15) is 24.0 Å². The zero-order chi connectivity index (χ0) is 26.3. The lowest BCUT2D eigenvalue weighted by molar-refractivity contribution is -0.121. The van der Waals surface area contributed by atoms with Crippen molar-refractivity contribution < 1.29 is 28.7 Å². The van der Waals surface area contributed by atoms with Gasteiger partial charge >= 0.3 is 6.09 Å². The summed E-state index contributed by atoms with van der Waals surface area (Å²) in [7, 11) is 0. The Morgan fingerprint density at radius 1 is 0.833 bits per heavy atom. The number of imide groups is 1. The largest absolute Gasteiger partial charge is 0.444 e. The van der Waals surface area contributed by atoms with Crippen molar-refractivity contribution in [2.45, 2.75) is 45.8 Å². The van der Waals surface area contributed by atoms with Gasteiger partial charge in [-0.3, -0.25) is 24.1 Å². The zero-order valence-electron chi connectivity index (χ0n) is 20.6. The SMILES string of the molecule is CC(C)(C)OC(=O)NCCC(=O)Nc1ccc(CNC(=O)CCN2C(=O)c3ccccc3C2=O)cc1. The number of alkyl carbamates (subject to hydrolysis) is 1. The number of nitrogens with one attached hydrogen (secondary N) is 3. The molecule has 0 saturated heterocycles. The predicted molar refractivity (Wildman–Crippen MR) is 132 cm³/mol. The highest BCUT2D eigenvalue weighted by Crippen LogP contribution is 2.22.